The molecule has 86 valence electrons. The van der Waals surface area contributed by atoms with Crippen molar-refractivity contribution in [3.05, 3.63) is 0 Å². The lowest BCUT2D eigenvalue weighted by atomic mass is 9.96. The molecule has 4 heteroatoms. The van der Waals surface area contributed by atoms with E-state index < -0.39 is 0 Å². The summed E-state index contributed by atoms with van der Waals surface area (Å²) in [6, 6.07) is 0. The van der Waals surface area contributed by atoms with E-state index in [1.165, 1.54) is 12.8 Å². The van der Waals surface area contributed by atoms with E-state index in [1.54, 1.807) is 0 Å². The summed E-state index contributed by atoms with van der Waals surface area (Å²) in [4.78, 5) is 11.5. The molecule has 2 heterocycles. The van der Waals surface area contributed by atoms with E-state index in [0.717, 1.165) is 45.1 Å². The molecular weight excluding hydrogens is 190 g/mol. The van der Waals surface area contributed by atoms with Crippen LogP contribution in [-0.2, 0) is 4.79 Å². The van der Waals surface area contributed by atoms with Gasteiger partial charge < -0.3 is 16.0 Å². The molecule has 2 rings (SSSR count). The van der Waals surface area contributed by atoms with Crippen LogP contribution in [0.1, 0.15) is 19.3 Å². The van der Waals surface area contributed by atoms with Gasteiger partial charge in [0.25, 0.3) is 0 Å². The molecule has 1 unspecified atom stereocenters. The van der Waals surface area contributed by atoms with Crippen molar-refractivity contribution < 1.29 is 4.79 Å². The standard InChI is InChI=1S/C11H21N3O/c15-11(10-7-13-8-10)14-5-3-9-2-1-4-12-6-9/h9-10,12-13H,1-8H2,(H,14,15). The van der Waals surface area contributed by atoms with Gasteiger partial charge in [-0.25, -0.2) is 0 Å². The van der Waals surface area contributed by atoms with Crippen LogP contribution in [-0.4, -0.2) is 38.6 Å². The van der Waals surface area contributed by atoms with Gasteiger partial charge in [0, 0.05) is 19.6 Å². The summed E-state index contributed by atoms with van der Waals surface area (Å²) in [5.41, 5.74) is 0. The van der Waals surface area contributed by atoms with Crippen LogP contribution in [0.4, 0.5) is 0 Å². The molecule has 2 saturated heterocycles. The zero-order valence-electron chi connectivity index (χ0n) is 9.22. The molecule has 0 saturated carbocycles. The van der Waals surface area contributed by atoms with Gasteiger partial charge >= 0.3 is 0 Å². The van der Waals surface area contributed by atoms with Gasteiger partial charge in [-0.1, -0.05) is 0 Å². The van der Waals surface area contributed by atoms with E-state index in [2.05, 4.69) is 16.0 Å². The normalized spacial score (nSPS) is 27.1. The number of hydrogen-bond donors (Lipinski definition) is 3. The first kappa shape index (κ1) is 10.9. The topological polar surface area (TPSA) is 53.2 Å². The van der Waals surface area contributed by atoms with E-state index >= 15 is 0 Å². The third-order valence-corrected chi connectivity index (χ3v) is 3.40. The van der Waals surface area contributed by atoms with Crippen LogP contribution in [0, 0.1) is 11.8 Å². The first-order valence-corrected chi connectivity index (χ1v) is 6.05. The van der Waals surface area contributed by atoms with Crippen molar-refractivity contribution in [1.82, 2.24) is 16.0 Å². The summed E-state index contributed by atoms with van der Waals surface area (Å²) >= 11 is 0. The Labute approximate surface area is 91.2 Å². The lowest BCUT2D eigenvalue weighted by Gasteiger charge is -2.27. The summed E-state index contributed by atoms with van der Waals surface area (Å²) < 4.78 is 0. The highest BCUT2D eigenvalue weighted by Gasteiger charge is 2.24. The Kier molecular flexibility index (Phi) is 3.97. The molecule has 4 nitrogen and oxygen atoms in total. The third kappa shape index (κ3) is 3.18. The maximum Gasteiger partial charge on any atom is 0.225 e. The first-order chi connectivity index (χ1) is 7.36. The summed E-state index contributed by atoms with van der Waals surface area (Å²) in [5.74, 6) is 1.23. The molecule has 0 aliphatic carbocycles. The number of amides is 1. The van der Waals surface area contributed by atoms with E-state index in [1.807, 2.05) is 0 Å². The highest BCUT2D eigenvalue weighted by Crippen LogP contribution is 2.13. The molecule has 0 aromatic rings. The lowest BCUT2D eigenvalue weighted by Crippen LogP contribution is -2.51. The number of nitrogens with one attached hydrogen (secondary N) is 3. The number of carbonyl (C=O) groups excluding carboxylic acids is 1. The average Bonchev–Trinajstić information content (AvgIpc) is 2.16. The molecule has 0 bridgehead atoms. The molecule has 2 aliphatic heterocycles. The van der Waals surface area contributed by atoms with E-state index in [4.69, 9.17) is 0 Å². The Morgan fingerprint density at radius 2 is 2.13 bits per heavy atom. The Morgan fingerprint density at radius 1 is 1.27 bits per heavy atom. The molecule has 2 fully saturated rings. The van der Waals surface area contributed by atoms with Crippen molar-refractivity contribution in [2.45, 2.75) is 19.3 Å². The molecule has 3 N–H and O–H groups in total. The van der Waals surface area contributed by atoms with Crippen LogP contribution in [0.2, 0.25) is 0 Å². The lowest BCUT2D eigenvalue weighted by molar-refractivity contribution is -0.126. The Morgan fingerprint density at radius 3 is 2.73 bits per heavy atom. The van der Waals surface area contributed by atoms with Gasteiger partial charge in [-0.15, -0.1) is 0 Å². The highest BCUT2D eigenvalue weighted by atomic mass is 16.2. The Bertz CT molecular complexity index is 210. The van der Waals surface area contributed by atoms with Crippen LogP contribution < -0.4 is 16.0 Å². The SMILES string of the molecule is O=C(NCCC1CCCNC1)C1CNC1. The molecule has 15 heavy (non-hydrogen) atoms. The van der Waals surface area contributed by atoms with Crippen LogP contribution in [0.25, 0.3) is 0 Å². The van der Waals surface area contributed by atoms with Crippen molar-refractivity contribution in [2.24, 2.45) is 11.8 Å². The van der Waals surface area contributed by atoms with Gasteiger partial charge in [-0.3, -0.25) is 4.79 Å². The molecule has 1 amide bonds. The molecule has 0 aromatic carbocycles. The summed E-state index contributed by atoms with van der Waals surface area (Å²) in [5, 5.41) is 9.53. The molecule has 0 spiro atoms. The van der Waals surface area contributed by atoms with Crippen molar-refractivity contribution in [2.75, 3.05) is 32.7 Å². The average molecular weight is 211 g/mol. The Balaban J connectivity index is 1.55. The molecule has 0 aromatic heterocycles. The number of piperidine rings is 1. The van der Waals surface area contributed by atoms with Crippen molar-refractivity contribution >= 4 is 5.91 Å². The van der Waals surface area contributed by atoms with Gasteiger partial charge in [0.1, 0.15) is 0 Å². The van der Waals surface area contributed by atoms with Crippen LogP contribution in [0.15, 0.2) is 0 Å². The summed E-state index contributed by atoms with van der Waals surface area (Å²) in [7, 11) is 0. The van der Waals surface area contributed by atoms with Crippen LogP contribution in [0.5, 0.6) is 0 Å². The quantitative estimate of drug-likeness (QED) is 0.599. The van der Waals surface area contributed by atoms with E-state index in [0.29, 0.717) is 0 Å². The second-order valence-corrected chi connectivity index (χ2v) is 4.65. The van der Waals surface area contributed by atoms with Crippen LogP contribution in [0.3, 0.4) is 0 Å². The van der Waals surface area contributed by atoms with Gasteiger partial charge in [0.15, 0.2) is 0 Å². The fraction of sp³-hybridized carbons (Fsp3) is 0.909. The Hall–Kier alpha value is -0.610. The highest BCUT2D eigenvalue weighted by molar-refractivity contribution is 5.79. The minimum atomic E-state index is 0.231. The summed E-state index contributed by atoms with van der Waals surface area (Å²) in [6.45, 7) is 4.85. The van der Waals surface area contributed by atoms with E-state index in [9.17, 15) is 4.79 Å². The molecule has 0 radical (unpaired) electrons. The number of carbonyl (C=O) groups is 1. The first-order valence-electron chi connectivity index (χ1n) is 6.05. The second-order valence-electron chi connectivity index (χ2n) is 4.65. The largest absolute Gasteiger partial charge is 0.356 e. The predicted molar refractivity (Wildman–Crippen MR) is 59.6 cm³/mol. The monoisotopic (exact) mass is 211 g/mol. The fourth-order valence-electron chi connectivity index (χ4n) is 2.19. The van der Waals surface area contributed by atoms with Crippen molar-refractivity contribution in [3.63, 3.8) is 0 Å². The fourth-order valence-corrected chi connectivity index (χ4v) is 2.19. The second kappa shape index (κ2) is 5.47. The maximum absolute atomic E-state index is 11.5. The number of hydrogen-bond acceptors (Lipinski definition) is 3. The zero-order chi connectivity index (χ0) is 10.5. The number of rotatable bonds is 4. The third-order valence-electron chi connectivity index (χ3n) is 3.40. The van der Waals surface area contributed by atoms with Gasteiger partial charge in [-0.2, -0.15) is 0 Å². The maximum atomic E-state index is 11.5. The predicted octanol–water partition coefficient (Wildman–Crippen LogP) is -0.288. The molecule has 2 aliphatic rings. The van der Waals surface area contributed by atoms with E-state index in [-0.39, 0.29) is 11.8 Å². The van der Waals surface area contributed by atoms with Crippen LogP contribution >= 0.6 is 0 Å². The smallest absolute Gasteiger partial charge is 0.225 e. The van der Waals surface area contributed by atoms with Gasteiger partial charge in [-0.05, 0) is 38.3 Å². The summed E-state index contributed by atoms with van der Waals surface area (Å²) in [6.07, 6.45) is 3.72. The minimum Gasteiger partial charge on any atom is -0.356 e. The van der Waals surface area contributed by atoms with Gasteiger partial charge in [0.2, 0.25) is 5.91 Å². The zero-order valence-corrected chi connectivity index (χ0v) is 9.22. The molecular formula is C11H21N3O. The molecule has 1 atom stereocenters. The minimum absolute atomic E-state index is 0.231. The van der Waals surface area contributed by atoms with Crippen molar-refractivity contribution in [3.8, 4) is 0 Å². The van der Waals surface area contributed by atoms with Gasteiger partial charge in [0.05, 0.1) is 5.92 Å². The van der Waals surface area contributed by atoms with Crippen molar-refractivity contribution in [1.29, 1.82) is 0 Å².